The fourth-order valence-corrected chi connectivity index (χ4v) is 1.75. The van der Waals surface area contributed by atoms with Crippen molar-refractivity contribution in [2.75, 3.05) is 13.7 Å². The largest absolute Gasteiger partial charge is 0.433 e. The van der Waals surface area contributed by atoms with Gasteiger partial charge in [0, 0.05) is 18.6 Å². The number of nitrogens with zero attached hydrogens (tertiary/aromatic N) is 1. The summed E-state index contributed by atoms with van der Waals surface area (Å²) >= 11 is 5.66. The Balaban J connectivity index is 2.99. The lowest BCUT2D eigenvalue weighted by Gasteiger charge is -2.19. The third kappa shape index (κ3) is 3.57. The molecular formula is C11H13ClF3NO2. The van der Waals surface area contributed by atoms with Crippen LogP contribution in [0.1, 0.15) is 24.3 Å². The molecule has 0 aromatic carbocycles. The SMILES string of the molecule is COCC(C)C(O)c1ccc(C(F)(F)F)nc1Cl. The van der Waals surface area contributed by atoms with Crippen molar-refractivity contribution in [1.29, 1.82) is 0 Å². The van der Waals surface area contributed by atoms with Gasteiger partial charge in [-0.2, -0.15) is 13.2 Å². The van der Waals surface area contributed by atoms with Gasteiger partial charge in [-0.1, -0.05) is 24.6 Å². The van der Waals surface area contributed by atoms with Crippen molar-refractivity contribution in [3.05, 3.63) is 28.5 Å². The zero-order valence-corrected chi connectivity index (χ0v) is 10.6. The smallest absolute Gasteiger partial charge is 0.388 e. The Labute approximate surface area is 108 Å². The molecule has 2 unspecified atom stereocenters. The van der Waals surface area contributed by atoms with Crippen molar-refractivity contribution in [2.24, 2.45) is 5.92 Å². The summed E-state index contributed by atoms with van der Waals surface area (Å²) in [5.74, 6) is -0.300. The first kappa shape index (κ1) is 15.2. The van der Waals surface area contributed by atoms with Crippen molar-refractivity contribution in [1.82, 2.24) is 4.98 Å². The minimum absolute atomic E-state index is 0.161. The van der Waals surface area contributed by atoms with Crippen LogP contribution < -0.4 is 0 Å². The number of methoxy groups -OCH3 is 1. The summed E-state index contributed by atoms with van der Waals surface area (Å²) in [5.41, 5.74) is -0.919. The number of rotatable bonds is 4. The molecule has 2 atom stereocenters. The number of hydrogen-bond donors (Lipinski definition) is 1. The minimum Gasteiger partial charge on any atom is -0.388 e. The van der Waals surface area contributed by atoms with Crippen LogP contribution in [0.5, 0.6) is 0 Å². The Hall–Kier alpha value is -0.850. The predicted molar refractivity (Wildman–Crippen MR) is 60.2 cm³/mol. The van der Waals surface area contributed by atoms with Crippen LogP contribution in [0, 0.1) is 5.92 Å². The maximum atomic E-state index is 12.4. The normalized spacial score (nSPS) is 15.5. The van der Waals surface area contributed by atoms with Crippen LogP contribution in [0.3, 0.4) is 0 Å². The van der Waals surface area contributed by atoms with E-state index < -0.39 is 18.0 Å². The summed E-state index contributed by atoms with van der Waals surface area (Å²) in [6.45, 7) is 1.96. The average molecular weight is 284 g/mol. The highest BCUT2D eigenvalue weighted by atomic mass is 35.5. The second-order valence-corrected chi connectivity index (χ2v) is 4.31. The van der Waals surface area contributed by atoms with E-state index in [1.165, 1.54) is 7.11 Å². The number of alkyl halides is 3. The van der Waals surface area contributed by atoms with E-state index in [0.29, 0.717) is 0 Å². The van der Waals surface area contributed by atoms with E-state index >= 15 is 0 Å². The van der Waals surface area contributed by atoms with Crippen molar-refractivity contribution in [3.63, 3.8) is 0 Å². The van der Waals surface area contributed by atoms with E-state index in [2.05, 4.69) is 4.98 Å². The molecule has 1 rings (SSSR count). The van der Waals surface area contributed by atoms with E-state index in [1.807, 2.05) is 0 Å². The van der Waals surface area contributed by atoms with Crippen molar-refractivity contribution in [3.8, 4) is 0 Å². The lowest BCUT2D eigenvalue weighted by molar-refractivity contribution is -0.141. The molecule has 0 aliphatic rings. The number of aromatic nitrogens is 1. The Morgan fingerprint density at radius 2 is 2.06 bits per heavy atom. The number of ether oxygens (including phenoxy) is 1. The molecule has 1 N–H and O–H groups in total. The van der Waals surface area contributed by atoms with Gasteiger partial charge in [0.25, 0.3) is 0 Å². The molecule has 0 radical (unpaired) electrons. The Bertz CT molecular complexity index is 412. The maximum Gasteiger partial charge on any atom is 0.433 e. The second-order valence-electron chi connectivity index (χ2n) is 3.95. The topological polar surface area (TPSA) is 42.4 Å². The molecule has 0 aliphatic heterocycles. The van der Waals surface area contributed by atoms with Crippen molar-refractivity contribution in [2.45, 2.75) is 19.2 Å². The van der Waals surface area contributed by atoms with Gasteiger partial charge in [-0.3, -0.25) is 0 Å². The van der Waals surface area contributed by atoms with E-state index in [9.17, 15) is 18.3 Å². The number of aliphatic hydroxyl groups excluding tert-OH is 1. The quantitative estimate of drug-likeness (QED) is 0.864. The number of halogens is 4. The number of hydrogen-bond acceptors (Lipinski definition) is 3. The highest BCUT2D eigenvalue weighted by Gasteiger charge is 2.33. The van der Waals surface area contributed by atoms with Crippen LogP contribution in [-0.2, 0) is 10.9 Å². The second kappa shape index (κ2) is 5.86. The predicted octanol–water partition coefficient (Wildman–Crippen LogP) is 3.07. The standard InChI is InChI=1S/C11H13ClF3NO2/c1-6(5-18-2)9(17)7-3-4-8(11(13,14)15)16-10(7)12/h3-4,6,9,17H,5H2,1-2H3. The first-order valence-corrected chi connectivity index (χ1v) is 5.55. The van der Waals surface area contributed by atoms with Crippen LogP contribution in [0.15, 0.2) is 12.1 Å². The van der Waals surface area contributed by atoms with Crippen LogP contribution in [0.4, 0.5) is 13.2 Å². The molecule has 1 aromatic rings. The van der Waals surface area contributed by atoms with Gasteiger partial charge >= 0.3 is 6.18 Å². The van der Waals surface area contributed by atoms with Crippen molar-refractivity contribution >= 4 is 11.6 Å². The maximum absolute atomic E-state index is 12.4. The van der Waals surface area contributed by atoms with E-state index in [0.717, 1.165) is 12.1 Å². The third-order valence-electron chi connectivity index (χ3n) is 2.46. The van der Waals surface area contributed by atoms with Gasteiger partial charge in [-0.15, -0.1) is 0 Å². The molecule has 0 spiro atoms. The van der Waals surface area contributed by atoms with Gasteiger partial charge in [0.2, 0.25) is 0 Å². The van der Waals surface area contributed by atoms with E-state index in [1.54, 1.807) is 6.92 Å². The van der Waals surface area contributed by atoms with Gasteiger partial charge in [0.15, 0.2) is 0 Å². The lowest BCUT2D eigenvalue weighted by Crippen LogP contribution is -2.16. The molecule has 3 nitrogen and oxygen atoms in total. The Morgan fingerprint density at radius 3 is 2.50 bits per heavy atom. The Kier molecular flexibility index (Phi) is 4.95. The highest BCUT2D eigenvalue weighted by molar-refractivity contribution is 6.30. The van der Waals surface area contributed by atoms with Crippen LogP contribution in [0.2, 0.25) is 5.15 Å². The van der Waals surface area contributed by atoms with E-state index in [4.69, 9.17) is 16.3 Å². The zero-order valence-electron chi connectivity index (χ0n) is 9.83. The summed E-state index contributed by atoms with van der Waals surface area (Å²) in [6.07, 6.45) is -5.57. The summed E-state index contributed by atoms with van der Waals surface area (Å²) in [7, 11) is 1.47. The summed E-state index contributed by atoms with van der Waals surface area (Å²) in [4.78, 5) is 3.25. The van der Waals surface area contributed by atoms with E-state index in [-0.39, 0.29) is 23.2 Å². The third-order valence-corrected chi connectivity index (χ3v) is 2.76. The summed E-state index contributed by atoms with van der Waals surface area (Å²) in [6, 6.07) is 1.93. The van der Waals surface area contributed by atoms with Gasteiger partial charge in [-0.05, 0) is 6.07 Å². The molecule has 0 amide bonds. The molecule has 0 bridgehead atoms. The highest BCUT2D eigenvalue weighted by Crippen LogP contribution is 2.32. The van der Waals surface area contributed by atoms with Gasteiger partial charge in [0.05, 0.1) is 12.7 Å². The lowest BCUT2D eigenvalue weighted by atomic mass is 9.99. The molecular weight excluding hydrogens is 271 g/mol. The zero-order chi connectivity index (χ0) is 13.9. The van der Waals surface area contributed by atoms with Crippen LogP contribution in [-0.4, -0.2) is 23.8 Å². The number of pyridine rings is 1. The Morgan fingerprint density at radius 1 is 1.44 bits per heavy atom. The number of aliphatic hydroxyl groups is 1. The first-order chi connectivity index (χ1) is 8.27. The fourth-order valence-electron chi connectivity index (χ4n) is 1.48. The average Bonchev–Trinajstić information content (AvgIpc) is 2.27. The first-order valence-electron chi connectivity index (χ1n) is 5.18. The minimum atomic E-state index is -4.55. The molecule has 0 saturated carbocycles. The molecule has 1 aromatic heterocycles. The molecule has 0 saturated heterocycles. The van der Waals surface area contributed by atoms with Gasteiger partial charge < -0.3 is 9.84 Å². The fraction of sp³-hybridized carbons (Fsp3) is 0.545. The molecule has 1 heterocycles. The molecule has 7 heteroatoms. The van der Waals surface area contributed by atoms with Crippen LogP contribution in [0.25, 0.3) is 0 Å². The molecule has 0 aliphatic carbocycles. The molecule has 102 valence electrons. The van der Waals surface area contributed by atoms with Crippen LogP contribution >= 0.6 is 11.6 Å². The monoisotopic (exact) mass is 283 g/mol. The summed E-state index contributed by atoms with van der Waals surface area (Å²) < 4.78 is 42.0. The molecule has 0 fully saturated rings. The molecule has 18 heavy (non-hydrogen) atoms. The van der Waals surface area contributed by atoms with Crippen molar-refractivity contribution < 1.29 is 23.0 Å². The van der Waals surface area contributed by atoms with Gasteiger partial charge in [0.1, 0.15) is 10.8 Å². The summed E-state index contributed by atoms with van der Waals surface area (Å²) in [5, 5.41) is 9.56. The van der Waals surface area contributed by atoms with Gasteiger partial charge in [-0.25, -0.2) is 4.98 Å².